The van der Waals surface area contributed by atoms with Crippen LogP contribution in [0, 0.1) is 11.8 Å². The van der Waals surface area contributed by atoms with Crippen molar-refractivity contribution < 1.29 is 5.11 Å². The molecule has 2 N–H and O–H groups in total. The Morgan fingerprint density at radius 3 is 1.88 bits per heavy atom. The molecule has 0 radical (unpaired) electrons. The van der Waals surface area contributed by atoms with E-state index in [0.717, 1.165) is 25.7 Å². The first-order chi connectivity index (χ1) is 12.6. The third-order valence-corrected chi connectivity index (χ3v) is 6.26. The minimum Gasteiger partial charge on any atom is -0.389 e. The van der Waals surface area contributed by atoms with Crippen molar-refractivity contribution in [2.24, 2.45) is 11.8 Å². The van der Waals surface area contributed by atoms with Crippen molar-refractivity contribution in [1.82, 2.24) is 5.32 Å². The fourth-order valence-corrected chi connectivity index (χ4v) is 4.94. The van der Waals surface area contributed by atoms with Gasteiger partial charge in [-0.3, -0.25) is 0 Å². The van der Waals surface area contributed by atoms with Gasteiger partial charge in [-0.2, -0.15) is 0 Å². The standard InChI is InChI=1S/C24H33NO/c1-4-12-21-23(20-15-10-7-11-16-20)25-22(19-13-8-6-9-14-19)18(3)24(21,26)17-5-2/h6-11,13-16,18,21-23,25-26H,4-5,12,17H2,1-3H3/t18-,21-,22-,23+,24+/m0/s1. The molecule has 26 heavy (non-hydrogen) atoms. The van der Waals surface area contributed by atoms with Gasteiger partial charge in [-0.1, -0.05) is 94.3 Å². The van der Waals surface area contributed by atoms with Gasteiger partial charge in [0.1, 0.15) is 0 Å². The highest BCUT2D eigenvalue weighted by molar-refractivity contribution is 5.28. The number of piperidine rings is 1. The summed E-state index contributed by atoms with van der Waals surface area (Å²) in [5.74, 6) is 0.395. The zero-order chi connectivity index (χ0) is 18.6. The first-order valence-corrected chi connectivity index (χ1v) is 10.2. The highest BCUT2D eigenvalue weighted by Crippen LogP contribution is 2.50. The molecule has 0 amide bonds. The number of hydrogen-bond donors (Lipinski definition) is 2. The van der Waals surface area contributed by atoms with Crippen molar-refractivity contribution >= 4 is 0 Å². The van der Waals surface area contributed by atoms with E-state index in [0.29, 0.717) is 0 Å². The summed E-state index contributed by atoms with van der Waals surface area (Å²) >= 11 is 0. The monoisotopic (exact) mass is 351 g/mol. The van der Waals surface area contributed by atoms with E-state index in [9.17, 15) is 5.11 Å². The lowest BCUT2D eigenvalue weighted by Crippen LogP contribution is -2.58. The number of nitrogens with one attached hydrogen (secondary N) is 1. The SMILES string of the molecule is CCC[C@H]1[C@@H](c2ccccc2)N[C@H](c2ccccc2)[C@H](C)[C@]1(O)CCC. The number of hydrogen-bond acceptors (Lipinski definition) is 2. The number of rotatable bonds is 6. The summed E-state index contributed by atoms with van der Waals surface area (Å²) in [6, 6.07) is 21.6. The molecular formula is C24H33NO. The van der Waals surface area contributed by atoms with Crippen molar-refractivity contribution in [3.05, 3.63) is 71.8 Å². The van der Waals surface area contributed by atoms with Crippen LogP contribution < -0.4 is 5.32 Å². The molecule has 0 bridgehead atoms. The summed E-state index contributed by atoms with van der Waals surface area (Å²) < 4.78 is 0. The molecule has 0 saturated carbocycles. The third-order valence-electron chi connectivity index (χ3n) is 6.26. The van der Waals surface area contributed by atoms with E-state index in [1.807, 2.05) is 0 Å². The largest absolute Gasteiger partial charge is 0.389 e. The quantitative estimate of drug-likeness (QED) is 0.704. The molecule has 1 saturated heterocycles. The van der Waals surface area contributed by atoms with E-state index in [1.54, 1.807) is 0 Å². The third kappa shape index (κ3) is 3.58. The Morgan fingerprint density at radius 1 is 0.846 bits per heavy atom. The molecule has 1 aliphatic rings. The van der Waals surface area contributed by atoms with Gasteiger partial charge >= 0.3 is 0 Å². The van der Waals surface area contributed by atoms with Gasteiger partial charge in [-0.25, -0.2) is 0 Å². The van der Waals surface area contributed by atoms with Crippen LogP contribution in [0.1, 0.15) is 69.7 Å². The van der Waals surface area contributed by atoms with Crippen LogP contribution in [0.25, 0.3) is 0 Å². The van der Waals surface area contributed by atoms with E-state index >= 15 is 0 Å². The summed E-state index contributed by atoms with van der Waals surface area (Å²) in [4.78, 5) is 0. The lowest BCUT2D eigenvalue weighted by Gasteiger charge is -2.53. The second kappa shape index (κ2) is 8.37. The summed E-state index contributed by atoms with van der Waals surface area (Å²) in [5, 5.41) is 15.9. The van der Waals surface area contributed by atoms with Gasteiger partial charge in [0.25, 0.3) is 0 Å². The highest BCUT2D eigenvalue weighted by Gasteiger charge is 2.51. The fraction of sp³-hybridized carbons (Fsp3) is 0.500. The maximum absolute atomic E-state index is 12.0. The Hall–Kier alpha value is -1.64. The molecule has 0 spiro atoms. The van der Waals surface area contributed by atoms with Gasteiger partial charge < -0.3 is 10.4 Å². The first kappa shape index (κ1) is 19.1. The van der Waals surface area contributed by atoms with Crippen LogP contribution in [-0.4, -0.2) is 10.7 Å². The highest BCUT2D eigenvalue weighted by atomic mass is 16.3. The van der Waals surface area contributed by atoms with E-state index in [-0.39, 0.29) is 23.9 Å². The minimum absolute atomic E-state index is 0.158. The van der Waals surface area contributed by atoms with Crippen molar-refractivity contribution in [1.29, 1.82) is 0 Å². The molecular weight excluding hydrogens is 318 g/mol. The van der Waals surface area contributed by atoms with E-state index in [2.05, 4.69) is 86.8 Å². The predicted molar refractivity (Wildman–Crippen MR) is 109 cm³/mol. The molecule has 2 nitrogen and oxygen atoms in total. The summed E-state index contributed by atoms with van der Waals surface area (Å²) in [5.41, 5.74) is 1.90. The molecule has 140 valence electrons. The van der Waals surface area contributed by atoms with Crippen LogP contribution >= 0.6 is 0 Å². The van der Waals surface area contributed by atoms with Crippen molar-refractivity contribution in [2.75, 3.05) is 0 Å². The van der Waals surface area contributed by atoms with Crippen molar-refractivity contribution in [3.8, 4) is 0 Å². The lowest BCUT2D eigenvalue weighted by atomic mass is 9.62. The molecule has 2 aromatic carbocycles. The Morgan fingerprint density at radius 2 is 1.38 bits per heavy atom. The maximum atomic E-state index is 12.0. The Kier molecular flexibility index (Phi) is 6.16. The molecule has 0 unspecified atom stereocenters. The molecule has 3 rings (SSSR count). The normalized spacial score (nSPS) is 31.7. The summed E-state index contributed by atoms with van der Waals surface area (Å²) in [6.07, 6.45) is 3.98. The zero-order valence-electron chi connectivity index (χ0n) is 16.4. The van der Waals surface area contributed by atoms with Gasteiger partial charge in [0.2, 0.25) is 0 Å². The van der Waals surface area contributed by atoms with Gasteiger partial charge in [-0.15, -0.1) is 0 Å². The molecule has 0 aliphatic carbocycles. The van der Waals surface area contributed by atoms with Crippen LogP contribution in [0.2, 0.25) is 0 Å². The molecule has 2 aromatic rings. The van der Waals surface area contributed by atoms with Gasteiger partial charge in [-0.05, 0) is 24.0 Å². The van der Waals surface area contributed by atoms with Gasteiger partial charge in [0, 0.05) is 23.9 Å². The van der Waals surface area contributed by atoms with Crippen molar-refractivity contribution in [2.45, 2.75) is 64.1 Å². The van der Waals surface area contributed by atoms with Crippen LogP contribution in [0.5, 0.6) is 0 Å². The first-order valence-electron chi connectivity index (χ1n) is 10.2. The minimum atomic E-state index is -0.656. The Labute approximate surface area is 158 Å². The zero-order valence-corrected chi connectivity index (χ0v) is 16.4. The summed E-state index contributed by atoms with van der Waals surface area (Å²) in [6.45, 7) is 6.64. The maximum Gasteiger partial charge on any atom is 0.0737 e. The molecule has 1 aliphatic heterocycles. The van der Waals surface area contributed by atoms with Gasteiger partial charge in [0.15, 0.2) is 0 Å². The Balaban J connectivity index is 2.06. The lowest BCUT2D eigenvalue weighted by molar-refractivity contribution is -0.125. The molecule has 1 fully saturated rings. The second-order valence-corrected chi connectivity index (χ2v) is 7.87. The van der Waals surface area contributed by atoms with E-state index in [4.69, 9.17) is 0 Å². The number of aliphatic hydroxyl groups is 1. The smallest absolute Gasteiger partial charge is 0.0737 e. The average Bonchev–Trinajstić information content (AvgIpc) is 2.68. The molecule has 1 heterocycles. The van der Waals surface area contributed by atoms with Crippen LogP contribution in [-0.2, 0) is 0 Å². The van der Waals surface area contributed by atoms with Crippen molar-refractivity contribution in [3.63, 3.8) is 0 Å². The van der Waals surface area contributed by atoms with E-state index < -0.39 is 5.60 Å². The second-order valence-electron chi connectivity index (χ2n) is 7.87. The topological polar surface area (TPSA) is 32.3 Å². The predicted octanol–water partition coefficient (Wildman–Crippen LogP) is 5.66. The Bertz CT molecular complexity index is 671. The fourth-order valence-electron chi connectivity index (χ4n) is 4.94. The molecule has 2 heteroatoms. The van der Waals surface area contributed by atoms with Crippen LogP contribution in [0.3, 0.4) is 0 Å². The van der Waals surface area contributed by atoms with Crippen LogP contribution in [0.4, 0.5) is 0 Å². The molecule has 5 atom stereocenters. The summed E-state index contributed by atoms with van der Waals surface area (Å²) in [7, 11) is 0. The average molecular weight is 352 g/mol. The van der Waals surface area contributed by atoms with Crippen LogP contribution in [0.15, 0.2) is 60.7 Å². The van der Waals surface area contributed by atoms with Gasteiger partial charge in [0.05, 0.1) is 5.60 Å². The van der Waals surface area contributed by atoms with E-state index in [1.165, 1.54) is 11.1 Å². The number of benzene rings is 2. The molecule has 0 aromatic heterocycles.